The van der Waals surface area contributed by atoms with Crippen LogP contribution < -0.4 is 15.4 Å². The zero-order valence-corrected chi connectivity index (χ0v) is 15.6. The lowest BCUT2D eigenvalue weighted by molar-refractivity contribution is 0.0951. The van der Waals surface area contributed by atoms with Crippen molar-refractivity contribution in [2.45, 2.75) is 13.5 Å². The topological polar surface area (TPSA) is 80.3 Å². The van der Waals surface area contributed by atoms with Gasteiger partial charge in [-0.1, -0.05) is 18.2 Å². The van der Waals surface area contributed by atoms with Gasteiger partial charge < -0.3 is 15.4 Å². The second kappa shape index (κ2) is 8.95. The van der Waals surface area contributed by atoms with Gasteiger partial charge in [0.15, 0.2) is 0 Å². The number of amides is 2. The average Bonchev–Trinajstić information content (AvgIpc) is 3.23. The summed E-state index contributed by atoms with van der Waals surface area (Å²) in [5, 5.41) is 9.24. The van der Waals surface area contributed by atoms with E-state index in [-0.39, 0.29) is 18.4 Å². The van der Waals surface area contributed by atoms with E-state index in [1.165, 1.54) is 11.3 Å². The molecule has 0 radical (unpaired) electrons. The number of hydrogen-bond acceptors (Lipinski definition) is 5. The van der Waals surface area contributed by atoms with Crippen LogP contribution >= 0.6 is 11.3 Å². The molecule has 27 heavy (non-hydrogen) atoms. The lowest BCUT2D eigenvalue weighted by Gasteiger charge is -2.12. The van der Waals surface area contributed by atoms with Crippen molar-refractivity contribution in [2.75, 3.05) is 11.9 Å². The summed E-state index contributed by atoms with van der Waals surface area (Å²) in [6, 6.07) is 12.3. The van der Waals surface area contributed by atoms with E-state index in [9.17, 15) is 9.59 Å². The number of pyridine rings is 1. The summed E-state index contributed by atoms with van der Waals surface area (Å²) in [4.78, 5) is 29.1. The van der Waals surface area contributed by atoms with E-state index in [1.807, 2.05) is 18.4 Å². The number of nitrogens with one attached hydrogen (secondary N) is 2. The molecule has 2 aromatic heterocycles. The number of carbonyl (C=O) groups excluding carboxylic acids is 2. The van der Waals surface area contributed by atoms with Crippen molar-refractivity contribution in [1.29, 1.82) is 0 Å². The quantitative estimate of drug-likeness (QED) is 0.654. The summed E-state index contributed by atoms with van der Waals surface area (Å²) in [6.45, 7) is 2.65. The number of benzene rings is 1. The van der Waals surface area contributed by atoms with Crippen molar-refractivity contribution in [3.05, 3.63) is 76.1 Å². The number of aromatic nitrogens is 1. The largest absolute Gasteiger partial charge is 0.478 e. The van der Waals surface area contributed by atoms with Gasteiger partial charge in [0.1, 0.15) is 0 Å². The Bertz CT molecular complexity index is 926. The van der Waals surface area contributed by atoms with E-state index in [0.717, 1.165) is 5.56 Å². The van der Waals surface area contributed by atoms with Gasteiger partial charge in [0.25, 0.3) is 11.8 Å². The van der Waals surface area contributed by atoms with Crippen LogP contribution in [-0.4, -0.2) is 23.4 Å². The van der Waals surface area contributed by atoms with Crippen LogP contribution in [0, 0.1) is 0 Å². The van der Waals surface area contributed by atoms with Crippen LogP contribution in [0.1, 0.15) is 33.2 Å². The number of thiophene rings is 1. The van der Waals surface area contributed by atoms with Gasteiger partial charge in [0, 0.05) is 23.7 Å². The van der Waals surface area contributed by atoms with Crippen LogP contribution in [0.4, 0.5) is 5.69 Å². The minimum atomic E-state index is -0.289. The third-order valence-corrected chi connectivity index (χ3v) is 4.46. The summed E-state index contributed by atoms with van der Waals surface area (Å²) < 4.78 is 5.47. The highest BCUT2D eigenvalue weighted by Crippen LogP contribution is 2.18. The minimum absolute atomic E-state index is 0.248. The fraction of sp³-hybridized carbons (Fsp3) is 0.150. The fourth-order valence-electron chi connectivity index (χ4n) is 2.47. The van der Waals surface area contributed by atoms with Gasteiger partial charge in [-0.25, -0.2) is 4.98 Å². The SMILES string of the molecule is CCOc1ncccc1CNC(=O)c1ccccc1NC(=O)c1ccsc1. The van der Waals surface area contributed by atoms with E-state index in [0.29, 0.717) is 29.3 Å². The zero-order chi connectivity index (χ0) is 19.1. The molecule has 6 nitrogen and oxygen atoms in total. The Morgan fingerprint density at radius 1 is 1.11 bits per heavy atom. The Morgan fingerprint density at radius 3 is 2.74 bits per heavy atom. The first-order valence-electron chi connectivity index (χ1n) is 8.46. The van der Waals surface area contributed by atoms with Crippen molar-refractivity contribution in [2.24, 2.45) is 0 Å². The van der Waals surface area contributed by atoms with Crippen molar-refractivity contribution in [3.8, 4) is 5.88 Å². The average molecular weight is 381 g/mol. The summed E-state index contributed by atoms with van der Waals surface area (Å²) >= 11 is 1.44. The molecule has 2 N–H and O–H groups in total. The molecule has 0 spiro atoms. The molecule has 0 unspecified atom stereocenters. The third kappa shape index (κ3) is 4.71. The van der Waals surface area contributed by atoms with Gasteiger partial charge in [-0.2, -0.15) is 11.3 Å². The third-order valence-electron chi connectivity index (χ3n) is 3.77. The van der Waals surface area contributed by atoms with Crippen LogP contribution in [0.3, 0.4) is 0 Å². The monoisotopic (exact) mass is 381 g/mol. The molecule has 0 bridgehead atoms. The first-order valence-corrected chi connectivity index (χ1v) is 9.40. The molecule has 0 saturated carbocycles. The van der Waals surface area contributed by atoms with Crippen molar-refractivity contribution >= 4 is 28.8 Å². The van der Waals surface area contributed by atoms with E-state index < -0.39 is 0 Å². The number of nitrogens with zero attached hydrogens (tertiary/aromatic N) is 1. The normalized spacial score (nSPS) is 10.3. The van der Waals surface area contributed by atoms with Crippen LogP contribution in [0.5, 0.6) is 5.88 Å². The number of carbonyl (C=O) groups is 2. The van der Waals surface area contributed by atoms with Crippen LogP contribution in [0.15, 0.2) is 59.4 Å². The highest BCUT2D eigenvalue weighted by atomic mass is 32.1. The Kier molecular flexibility index (Phi) is 6.17. The maximum Gasteiger partial charge on any atom is 0.256 e. The smallest absolute Gasteiger partial charge is 0.256 e. The molecule has 0 fully saturated rings. The first-order chi connectivity index (χ1) is 13.2. The van der Waals surface area contributed by atoms with E-state index in [1.54, 1.807) is 48.0 Å². The second-order valence-electron chi connectivity index (χ2n) is 5.60. The molecule has 2 heterocycles. The van der Waals surface area contributed by atoms with Crippen molar-refractivity contribution in [1.82, 2.24) is 10.3 Å². The van der Waals surface area contributed by atoms with Crippen LogP contribution in [-0.2, 0) is 6.54 Å². The van der Waals surface area contributed by atoms with Gasteiger partial charge in [0.2, 0.25) is 5.88 Å². The molecule has 0 aliphatic rings. The molecule has 3 aromatic rings. The maximum atomic E-state index is 12.7. The molecule has 138 valence electrons. The highest BCUT2D eigenvalue weighted by Gasteiger charge is 2.15. The summed E-state index contributed by atoms with van der Waals surface area (Å²) in [5.41, 5.74) is 2.20. The lowest BCUT2D eigenvalue weighted by atomic mass is 10.1. The van der Waals surface area contributed by atoms with Gasteiger partial charge >= 0.3 is 0 Å². The maximum absolute atomic E-state index is 12.7. The standard InChI is InChI=1S/C20H19N3O3S/c1-2-26-20-14(6-5-10-21-20)12-22-19(25)16-7-3-4-8-17(16)23-18(24)15-9-11-27-13-15/h3-11,13H,2,12H2,1H3,(H,22,25)(H,23,24). The molecule has 0 atom stereocenters. The van der Waals surface area contributed by atoms with E-state index >= 15 is 0 Å². The zero-order valence-electron chi connectivity index (χ0n) is 14.8. The minimum Gasteiger partial charge on any atom is -0.478 e. The summed E-state index contributed by atoms with van der Waals surface area (Å²) in [7, 11) is 0. The molecule has 0 saturated heterocycles. The molecular formula is C20H19N3O3S. The number of anilines is 1. The molecule has 0 aliphatic carbocycles. The van der Waals surface area contributed by atoms with Crippen molar-refractivity contribution in [3.63, 3.8) is 0 Å². The molecular weight excluding hydrogens is 362 g/mol. The number of rotatable bonds is 7. The second-order valence-corrected chi connectivity index (χ2v) is 6.38. The van der Waals surface area contributed by atoms with E-state index in [2.05, 4.69) is 15.6 Å². The number of ether oxygens (including phenoxy) is 1. The number of hydrogen-bond donors (Lipinski definition) is 2. The Morgan fingerprint density at radius 2 is 1.96 bits per heavy atom. The van der Waals surface area contributed by atoms with Crippen molar-refractivity contribution < 1.29 is 14.3 Å². The summed E-state index contributed by atoms with van der Waals surface area (Å²) in [5.74, 6) is -0.0377. The van der Waals surface area contributed by atoms with Gasteiger partial charge in [-0.05, 0) is 36.6 Å². The molecule has 1 aromatic carbocycles. The fourth-order valence-corrected chi connectivity index (χ4v) is 3.11. The lowest BCUT2D eigenvalue weighted by Crippen LogP contribution is -2.25. The van der Waals surface area contributed by atoms with Gasteiger partial charge in [-0.15, -0.1) is 0 Å². The predicted octanol–water partition coefficient (Wildman–Crippen LogP) is 3.72. The van der Waals surface area contributed by atoms with Crippen LogP contribution in [0.25, 0.3) is 0 Å². The Balaban J connectivity index is 1.71. The van der Waals surface area contributed by atoms with Crippen LogP contribution in [0.2, 0.25) is 0 Å². The highest BCUT2D eigenvalue weighted by molar-refractivity contribution is 7.08. The van der Waals surface area contributed by atoms with Gasteiger partial charge in [-0.3, -0.25) is 9.59 Å². The molecule has 0 aliphatic heterocycles. The molecule has 7 heteroatoms. The first kappa shape index (κ1) is 18.6. The predicted molar refractivity (Wildman–Crippen MR) is 105 cm³/mol. The Labute approximate surface area is 161 Å². The van der Waals surface area contributed by atoms with E-state index in [4.69, 9.17) is 4.74 Å². The Hall–Kier alpha value is -3.19. The summed E-state index contributed by atoms with van der Waals surface area (Å²) in [6.07, 6.45) is 1.64. The number of para-hydroxylation sites is 1. The van der Waals surface area contributed by atoms with Gasteiger partial charge in [0.05, 0.1) is 23.4 Å². The molecule has 3 rings (SSSR count). The molecule has 2 amide bonds.